The topological polar surface area (TPSA) is 73.5 Å². The Morgan fingerprint density at radius 1 is 0.556 bits per heavy atom. The summed E-state index contributed by atoms with van der Waals surface area (Å²) in [5.74, 6) is 0. The first-order valence-electron chi connectivity index (χ1n) is 12.0. The fourth-order valence-electron chi connectivity index (χ4n) is 3.85. The van der Waals surface area contributed by atoms with Crippen molar-refractivity contribution in [3.8, 4) is 0 Å². The summed E-state index contributed by atoms with van der Waals surface area (Å²) in [6.45, 7) is 1.34. The van der Waals surface area contributed by atoms with Gasteiger partial charge < -0.3 is 16.0 Å². The van der Waals surface area contributed by atoms with Crippen molar-refractivity contribution in [2.75, 3.05) is 11.4 Å². The summed E-state index contributed by atoms with van der Waals surface area (Å²) < 4.78 is 0. The fourth-order valence-corrected chi connectivity index (χ4v) is 3.85. The Hall–Kier alpha value is -4.58. The lowest BCUT2D eigenvalue weighted by molar-refractivity contribution is 0.240. The summed E-state index contributed by atoms with van der Waals surface area (Å²) >= 11 is 0. The van der Waals surface area contributed by atoms with Crippen LogP contribution in [0.1, 0.15) is 16.7 Å². The van der Waals surface area contributed by atoms with Crippen LogP contribution in [-0.4, -0.2) is 18.6 Å². The molecule has 0 bridgehead atoms. The number of nitrogens with one attached hydrogen (secondary N) is 3. The van der Waals surface area contributed by atoms with Gasteiger partial charge in [0.15, 0.2) is 0 Å². The molecule has 0 saturated heterocycles. The molecule has 0 fully saturated rings. The molecule has 36 heavy (non-hydrogen) atoms. The SMILES string of the molecule is O=C(NCCc1ccccc1)NCc1cccc(CNC(=O)N(c2ccccc2)c2ccccc2)c1. The van der Waals surface area contributed by atoms with Gasteiger partial charge in [-0.05, 0) is 47.4 Å². The lowest BCUT2D eigenvalue weighted by Crippen LogP contribution is -2.36. The maximum absolute atomic E-state index is 13.2. The van der Waals surface area contributed by atoms with Gasteiger partial charge in [-0.15, -0.1) is 0 Å². The molecule has 4 aromatic rings. The number of hydrogen-bond acceptors (Lipinski definition) is 2. The van der Waals surface area contributed by atoms with E-state index in [0.29, 0.717) is 19.6 Å². The Morgan fingerprint density at radius 2 is 1.06 bits per heavy atom. The first kappa shape index (κ1) is 24.5. The van der Waals surface area contributed by atoms with Crippen molar-refractivity contribution in [3.63, 3.8) is 0 Å². The van der Waals surface area contributed by atoms with Crippen molar-refractivity contribution < 1.29 is 9.59 Å². The number of anilines is 2. The van der Waals surface area contributed by atoms with Gasteiger partial charge in [0.1, 0.15) is 0 Å². The van der Waals surface area contributed by atoms with Gasteiger partial charge in [0.25, 0.3) is 0 Å². The van der Waals surface area contributed by atoms with Crippen LogP contribution < -0.4 is 20.9 Å². The second kappa shape index (κ2) is 12.8. The third kappa shape index (κ3) is 7.21. The Morgan fingerprint density at radius 3 is 1.64 bits per heavy atom. The van der Waals surface area contributed by atoms with Crippen LogP contribution in [0, 0.1) is 0 Å². The van der Waals surface area contributed by atoms with E-state index in [-0.39, 0.29) is 12.1 Å². The van der Waals surface area contributed by atoms with Crippen molar-refractivity contribution in [2.24, 2.45) is 0 Å². The third-order valence-electron chi connectivity index (χ3n) is 5.66. The molecule has 0 spiro atoms. The molecule has 0 atom stereocenters. The highest BCUT2D eigenvalue weighted by molar-refractivity contribution is 5.99. The van der Waals surface area contributed by atoms with E-state index < -0.39 is 0 Å². The number of carbonyl (C=O) groups excluding carboxylic acids is 2. The number of amides is 4. The molecule has 182 valence electrons. The molecular formula is C30H30N4O2. The smallest absolute Gasteiger partial charge is 0.326 e. The molecule has 0 aliphatic carbocycles. The lowest BCUT2D eigenvalue weighted by atomic mass is 10.1. The molecule has 0 aromatic heterocycles. The van der Waals surface area contributed by atoms with Crippen LogP contribution in [0.2, 0.25) is 0 Å². The molecule has 0 radical (unpaired) electrons. The van der Waals surface area contributed by atoms with Gasteiger partial charge in [-0.25, -0.2) is 9.59 Å². The summed E-state index contributed by atoms with van der Waals surface area (Å²) in [6.07, 6.45) is 0.784. The van der Waals surface area contributed by atoms with Crippen LogP contribution in [0.5, 0.6) is 0 Å². The van der Waals surface area contributed by atoms with Crippen LogP contribution in [0.4, 0.5) is 21.0 Å². The van der Waals surface area contributed by atoms with Crippen molar-refractivity contribution in [3.05, 3.63) is 132 Å². The number of carbonyl (C=O) groups is 2. The maximum atomic E-state index is 13.2. The Labute approximate surface area is 212 Å². The second-order valence-corrected chi connectivity index (χ2v) is 8.33. The van der Waals surface area contributed by atoms with Gasteiger partial charge >= 0.3 is 12.1 Å². The van der Waals surface area contributed by atoms with E-state index in [4.69, 9.17) is 0 Å². The van der Waals surface area contributed by atoms with E-state index in [1.165, 1.54) is 5.56 Å². The number of para-hydroxylation sites is 2. The zero-order valence-electron chi connectivity index (χ0n) is 20.1. The van der Waals surface area contributed by atoms with Crippen LogP contribution in [0.15, 0.2) is 115 Å². The second-order valence-electron chi connectivity index (χ2n) is 8.33. The molecular weight excluding hydrogens is 448 g/mol. The van der Waals surface area contributed by atoms with Crippen LogP contribution in [0.25, 0.3) is 0 Å². The largest absolute Gasteiger partial charge is 0.338 e. The lowest BCUT2D eigenvalue weighted by Gasteiger charge is -2.23. The Bertz CT molecular complexity index is 1210. The average molecular weight is 479 g/mol. The minimum atomic E-state index is -0.214. The van der Waals surface area contributed by atoms with Crippen molar-refractivity contribution in [2.45, 2.75) is 19.5 Å². The zero-order chi connectivity index (χ0) is 25.0. The standard InChI is InChI=1S/C30H30N4O2/c35-29(31-20-19-24-11-4-1-5-12-24)32-22-25-13-10-14-26(21-25)23-33-30(36)34(27-15-6-2-7-16-27)28-17-8-3-9-18-28/h1-18,21H,19-20,22-23H2,(H,33,36)(H2,31,32,35). The van der Waals surface area contributed by atoms with E-state index in [0.717, 1.165) is 28.9 Å². The van der Waals surface area contributed by atoms with E-state index in [2.05, 4.69) is 16.0 Å². The van der Waals surface area contributed by atoms with E-state index in [9.17, 15) is 9.59 Å². The average Bonchev–Trinajstić information content (AvgIpc) is 2.93. The monoisotopic (exact) mass is 478 g/mol. The van der Waals surface area contributed by atoms with Gasteiger partial charge in [-0.1, -0.05) is 91.0 Å². The maximum Gasteiger partial charge on any atom is 0.326 e. The molecule has 4 amide bonds. The van der Waals surface area contributed by atoms with Gasteiger partial charge in [0.2, 0.25) is 0 Å². The number of urea groups is 2. The van der Waals surface area contributed by atoms with E-state index in [1.54, 1.807) is 4.90 Å². The van der Waals surface area contributed by atoms with Crippen molar-refractivity contribution in [1.29, 1.82) is 0 Å². The molecule has 0 aliphatic heterocycles. The first-order chi connectivity index (χ1) is 17.7. The van der Waals surface area contributed by atoms with Crippen LogP contribution in [-0.2, 0) is 19.5 Å². The summed E-state index contributed by atoms with van der Waals surface area (Å²) in [4.78, 5) is 27.0. The predicted octanol–water partition coefficient (Wildman–Crippen LogP) is 5.78. The number of nitrogens with zero attached hydrogens (tertiary/aromatic N) is 1. The van der Waals surface area contributed by atoms with Crippen LogP contribution in [0.3, 0.4) is 0 Å². The summed E-state index contributed by atoms with van der Waals surface area (Å²) in [6, 6.07) is 36.6. The molecule has 0 aliphatic rings. The van der Waals surface area contributed by atoms with Gasteiger partial charge in [-0.3, -0.25) is 4.90 Å². The first-order valence-corrected chi connectivity index (χ1v) is 12.0. The number of rotatable bonds is 9. The molecule has 0 heterocycles. The van der Waals surface area contributed by atoms with Crippen LogP contribution >= 0.6 is 0 Å². The van der Waals surface area contributed by atoms with Crippen molar-refractivity contribution >= 4 is 23.4 Å². The van der Waals surface area contributed by atoms with Gasteiger partial charge in [0, 0.05) is 19.6 Å². The molecule has 0 unspecified atom stereocenters. The minimum Gasteiger partial charge on any atom is -0.338 e. The normalized spacial score (nSPS) is 10.3. The van der Waals surface area contributed by atoms with E-state index >= 15 is 0 Å². The van der Waals surface area contributed by atoms with Crippen molar-refractivity contribution in [1.82, 2.24) is 16.0 Å². The Balaban J connectivity index is 1.29. The molecule has 6 nitrogen and oxygen atoms in total. The molecule has 4 rings (SSSR count). The molecule has 3 N–H and O–H groups in total. The Kier molecular flexibility index (Phi) is 8.70. The fraction of sp³-hybridized carbons (Fsp3) is 0.133. The zero-order valence-corrected chi connectivity index (χ0v) is 20.1. The third-order valence-corrected chi connectivity index (χ3v) is 5.66. The highest BCUT2D eigenvalue weighted by Crippen LogP contribution is 2.25. The van der Waals surface area contributed by atoms with Gasteiger partial charge in [0.05, 0.1) is 11.4 Å². The summed E-state index contributed by atoms with van der Waals surface area (Å²) in [7, 11) is 0. The highest BCUT2D eigenvalue weighted by Gasteiger charge is 2.17. The van der Waals surface area contributed by atoms with E-state index in [1.807, 2.05) is 115 Å². The summed E-state index contributed by atoms with van der Waals surface area (Å²) in [5, 5.41) is 8.80. The quantitative estimate of drug-likeness (QED) is 0.285. The molecule has 0 saturated carbocycles. The molecule has 6 heteroatoms. The summed E-state index contributed by atoms with van der Waals surface area (Å²) in [5.41, 5.74) is 4.68. The highest BCUT2D eigenvalue weighted by atomic mass is 16.2. The number of benzene rings is 4. The minimum absolute atomic E-state index is 0.203. The predicted molar refractivity (Wildman–Crippen MR) is 144 cm³/mol. The number of hydrogen-bond donors (Lipinski definition) is 3. The van der Waals surface area contributed by atoms with Gasteiger partial charge in [-0.2, -0.15) is 0 Å². The molecule has 4 aromatic carbocycles.